The van der Waals surface area contributed by atoms with Gasteiger partial charge in [-0.15, -0.1) is 0 Å². The fraction of sp³-hybridized carbons (Fsp3) is 0.900. The average molecular weight is 213 g/mol. The van der Waals surface area contributed by atoms with Crippen LogP contribution in [0.1, 0.15) is 19.3 Å². The molecule has 0 aromatic heterocycles. The molecular weight excluding hydrogens is 194 g/mol. The number of hydrogen-bond acceptors (Lipinski definition) is 3. The number of hydrogen-bond donors (Lipinski definition) is 2. The summed E-state index contributed by atoms with van der Waals surface area (Å²) in [6.07, 6.45) is 3.48. The van der Waals surface area contributed by atoms with E-state index in [2.05, 4.69) is 5.32 Å². The van der Waals surface area contributed by atoms with Crippen molar-refractivity contribution in [2.24, 2.45) is 5.73 Å². The molecule has 2 fully saturated rings. The van der Waals surface area contributed by atoms with Gasteiger partial charge in [0.1, 0.15) is 0 Å². The van der Waals surface area contributed by atoms with E-state index in [1.807, 2.05) is 0 Å². The number of nitrogens with zero attached hydrogens (tertiary/aromatic N) is 1. The van der Waals surface area contributed by atoms with Gasteiger partial charge in [0.25, 0.3) is 0 Å². The molecule has 0 spiro atoms. The molecule has 5 nitrogen and oxygen atoms in total. The van der Waals surface area contributed by atoms with Crippen LogP contribution in [0.15, 0.2) is 0 Å². The van der Waals surface area contributed by atoms with Gasteiger partial charge in [-0.05, 0) is 19.3 Å². The fourth-order valence-electron chi connectivity index (χ4n) is 1.86. The maximum absolute atomic E-state index is 11.8. The number of amides is 2. The van der Waals surface area contributed by atoms with Crippen LogP contribution in [0.25, 0.3) is 0 Å². The molecule has 1 unspecified atom stereocenters. The van der Waals surface area contributed by atoms with Crippen LogP contribution >= 0.6 is 0 Å². The number of ether oxygens (including phenoxy) is 1. The fourth-order valence-corrected chi connectivity index (χ4v) is 1.86. The second kappa shape index (κ2) is 4.81. The van der Waals surface area contributed by atoms with Crippen LogP contribution in [-0.2, 0) is 4.74 Å². The van der Waals surface area contributed by atoms with Crippen LogP contribution in [0.3, 0.4) is 0 Å². The maximum Gasteiger partial charge on any atom is 0.317 e. The summed E-state index contributed by atoms with van der Waals surface area (Å²) in [5.74, 6) is 0. The molecule has 5 heteroatoms. The van der Waals surface area contributed by atoms with Crippen LogP contribution in [0.4, 0.5) is 4.79 Å². The van der Waals surface area contributed by atoms with Crippen molar-refractivity contribution in [1.82, 2.24) is 10.2 Å². The van der Waals surface area contributed by atoms with E-state index in [1.54, 1.807) is 4.90 Å². The summed E-state index contributed by atoms with van der Waals surface area (Å²) in [6.45, 7) is 2.37. The van der Waals surface area contributed by atoms with E-state index in [1.165, 1.54) is 6.42 Å². The number of nitrogens with one attached hydrogen (secondary N) is 1. The van der Waals surface area contributed by atoms with Gasteiger partial charge in [0.05, 0.1) is 12.7 Å². The SMILES string of the molecule is NCC1CN(C(=O)NC2CCC2)CCO1. The lowest BCUT2D eigenvalue weighted by molar-refractivity contribution is -0.00932. The zero-order valence-electron chi connectivity index (χ0n) is 8.95. The van der Waals surface area contributed by atoms with Crippen LogP contribution < -0.4 is 11.1 Å². The Kier molecular flexibility index (Phi) is 3.43. The van der Waals surface area contributed by atoms with Crippen molar-refractivity contribution in [2.45, 2.75) is 31.4 Å². The van der Waals surface area contributed by atoms with Crippen LogP contribution in [0.5, 0.6) is 0 Å². The second-order valence-corrected chi connectivity index (χ2v) is 4.25. The molecule has 1 saturated heterocycles. The van der Waals surface area contributed by atoms with Gasteiger partial charge in [-0.1, -0.05) is 0 Å². The van der Waals surface area contributed by atoms with E-state index >= 15 is 0 Å². The molecule has 2 aliphatic rings. The minimum Gasteiger partial charge on any atom is -0.373 e. The third-order valence-electron chi connectivity index (χ3n) is 3.12. The van der Waals surface area contributed by atoms with Crippen molar-refractivity contribution in [3.63, 3.8) is 0 Å². The number of carbonyl (C=O) groups is 1. The first-order valence-electron chi connectivity index (χ1n) is 5.66. The summed E-state index contributed by atoms with van der Waals surface area (Å²) >= 11 is 0. The third kappa shape index (κ3) is 2.60. The number of morpholine rings is 1. The summed E-state index contributed by atoms with van der Waals surface area (Å²) < 4.78 is 5.41. The Labute approximate surface area is 89.9 Å². The summed E-state index contributed by atoms with van der Waals surface area (Å²) in [4.78, 5) is 13.6. The molecule has 15 heavy (non-hydrogen) atoms. The van der Waals surface area contributed by atoms with E-state index in [0.717, 1.165) is 12.8 Å². The Hall–Kier alpha value is -0.810. The Morgan fingerprint density at radius 2 is 2.33 bits per heavy atom. The van der Waals surface area contributed by atoms with Crippen molar-refractivity contribution < 1.29 is 9.53 Å². The quantitative estimate of drug-likeness (QED) is 0.673. The lowest BCUT2D eigenvalue weighted by Gasteiger charge is -2.35. The number of urea groups is 1. The Balaban J connectivity index is 1.78. The van der Waals surface area contributed by atoms with Gasteiger partial charge in [-0.2, -0.15) is 0 Å². The minimum atomic E-state index is 0.00545. The van der Waals surface area contributed by atoms with Gasteiger partial charge in [0, 0.05) is 25.7 Å². The highest BCUT2D eigenvalue weighted by atomic mass is 16.5. The molecule has 0 radical (unpaired) electrons. The highest BCUT2D eigenvalue weighted by Gasteiger charge is 2.26. The molecular formula is C10H19N3O2. The van der Waals surface area contributed by atoms with E-state index < -0.39 is 0 Å². The third-order valence-corrected chi connectivity index (χ3v) is 3.12. The summed E-state index contributed by atoms with van der Waals surface area (Å²) in [6, 6.07) is 0.443. The molecule has 1 heterocycles. The van der Waals surface area contributed by atoms with Gasteiger partial charge in [0.15, 0.2) is 0 Å². The number of carbonyl (C=O) groups excluding carboxylic acids is 1. The Morgan fingerprint density at radius 3 is 2.93 bits per heavy atom. The topological polar surface area (TPSA) is 67.6 Å². The van der Waals surface area contributed by atoms with Crippen LogP contribution in [0.2, 0.25) is 0 Å². The maximum atomic E-state index is 11.8. The first kappa shape index (κ1) is 10.7. The smallest absolute Gasteiger partial charge is 0.317 e. The summed E-state index contributed by atoms with van der Waals surface area (Å²) in [5, 5.41) is 3.02. The van der Waals surface area contributed by atoms with Crippen molar-refractivity contribution >= 4 is 6.03 Å². The molecule has 1 atom stereocenters. The van der Waals surface area contributed by atoms with Crippen molar-refractivity contribution in [3.8, 4) is 0 Å². The number of rotatable bonds is 2. The number of nitrogens with two attached hydrogens (primary N) is 1. The molecule has 0 aromatic carbocycles. The largest absolute Gasteiger partial charge is 0.373 e. The molecule has 0 aromatic rings. The van der Waals surface area contributed by atoms with E-state index in [0.29, 0.717) is 32.3 Å². The van der Waals surface area contributed by atoms with Gasteiger partial charge >= 0.3 is 6.03 Å². The summed E-state index contributed by atoms with van der Waals surface area (Å²) in [7, 11) is 0. The standard InChI is InChI=1S/C10H19N3O2/c11-6-9-7-13(4-5-15-9)10(14)12-8-2-1-3-8/h8-9H,1-7,11H2,(H,12,14). The summed E-state index contributed by atoms with van der Waals surface area (Å²) in [5.41, 5.74) is 5.52. The molecule has 0 bridgehead atoms. The highest BCUT2D eigenvalue weighted by Crippen LogP contribution is 2.18. The average Bonchev–Trinajstić information content (AvgIpc) is 2.23. The van der Waals surface area contributed by atoms with Crippen molar-refractivity contribution in [2.75, 3.05) is 26.2 Å². The van der Waals surface area contributed by atoms with Crippen LogP contribution in [0, 0.1) is 0 Å². The van der Waals surface area contributed by atoms with Gasteiger partial charge in [-0.3, -0.25) is 0 Å². The Morgan fingerprint density at radius 1 is 1.53 bits per heavy atom. The van der Waals surface area contributed by atoms with Gasteiger partial charge in [0.2, 0.25) is 0 Å². The lowest BCUT2D eigenvalue weighted by atomic mass is 9.93. The molecule has 1 saturated carbocycles. The molecule has 3 N–H and O–H groups in total. The zero-order valence-corrected chi connectivity index (χ0v) is 8.95. The zero-order chi connectivity index (χ0) is 10.7. The predicted octanol–water partition coefficient (Wildman–Crippen LogP) is -0.0920. The molecule has 2 rings (SSSR count). The molecule has 86 valence electrons. The van der Waals surface area contributed by atoms with E-state index in [-0.39, 0.29) is 12.1 Å². The second-order valence-electron chi connectivity index (χ2n) is 4.25. The highest BCUT2D eigenvalue weighted by molar-refractivity contribution is 5.74. The first-order valence-corrected chi connectivity index (χ1v) is 5.66. The van der Waals surface area contributed by atoms with Gasteiger partial charge in [-0.25, -0.2) is 4.79 Å². The Bertz CT molecular complexity index is 231. The van der Waals surface area contributed by atoms with E-state index in [9.17, 15) is 4.79 Å². The molecule has 2 amide bonds. The predicted molar refractivity (Wildman–Crippen MR) is 56.5 cm³/mol. The normalized spacial score (nSPS) is 27.3. The molecule has 1 aliphatic heterocycles. The monoisotopic (exact) mass is 213 g/mol. The van der Waals surface area contributed by atoms with Crippen molar-refractivity contribution in [3.05, 3.63) is 0 Å². The van der Waals surface area contributed by atoms with Crippen LogP contribution in [-0.4, -0.2) is 49.3 Å². The van der Waals surface area contributed by atoms with E-state index in [4.69, 9.17) is 10.5 Å². The molecule has 1 aliphatic carbocycles. The first-order chi connectivity index (χ1) is 7.29. The van der Waals surface area contributed by atoms with Gasteiger partial charge < -0.3 is 20.7 Å². The van der Waals surface area contributed by atoms with Crippen molar-refractivity contribution in [1.29, 1.82) is 0 Å². The lowest BCUT2D eigenvalue weighted by Crippen LogP contribution is -2.54. The minimum absolute atomic E-state index is 0.00545.